The van der Waals surface area contributed by atoms with Gasteiger partial charge in [-0.15, -0.1) is 0 Å². The lowest BCUT2D eigenvalue weighted by Crippen LogP contribution is -2.21. The molecule has 78 valence electrons. The van der Waals surface area contributed by atoms with Crippen molar-refractivity contribution in [2.75, 3.05) is 13.1 Å². The first-order valence-corrected chi connectivity index (χ1v) is 5.74. The fraction of sp³-hybridized carbons (Fsp3) is 0.500. The molecule has 1 N–H and O–H groups in total. The summed E-state index contributed by atoms with van der Waals surface area (Å²) in [4.78, 5) is 0. The quantitative estimate of drug-likeness (QED) is 0.712. The van der Waals surface area contributed by atoms with Crippen LogP contribution in [0.15, 0.2) is 12.1 Å². The highest BCUT2D eigenvalue weighted by atomic mass is 35.5. The van der Waals surface area contributed by atoms with E-state index >= 15 is 0 Å². The van der Waals surface area contributed by atoms with Crippen LogP contribution in [0.1, 0.15) is 17.5 Å². The number of rotatable bonds is 0. The van der Waals surface area contributed by atoms with Gasteiger partial charge in [0, 0.05) is 18.5 Å². The van der Waals surface area contributed by atoms with Gasteiger partial charge >= 0.3 is 0 Å². The summed E-state index contributed by atoms with van der Waals surface area (Å²) in [6.07, 6.45) is 2.30. The Morgan fingerprint density at radius 1 is 1.33 bits per heavy atom. The third-order valence-electron chi connectivity index (χ3n) is 4.61. The predicted molar refractivity (Wildman–Crippen MR) is 56.7 cm³/mol. The van der Waals surface area contributed by atoms with Gasteiger partial charge in [0.1, 0.15) is 5.82 Å². The van der Waals surface area contributed by atoms with Crippen LogP contribution in [-0.2, 0) is 11.8 Å². The first-order valence-electron chi connectivity index (χ1n) is 5.36. The molecule has 0 amide bonds. The third kappa shape index (κ3) is 0.775. The highest BCUT2D eigenvalue weighted by molar-refractivity contribution is 6.30. The molecule has 1 saturated carbocycles. The zero-order valence-electron chi connectivity index (χ0n) is 8.24. The molecule has 4 rings (SSSR count). The van der Waals surface area contributed by atoms with Crippen molar-refractivity contribution >= 4 is 11.6 Å². The molecule has 0 radical (unpaired) electrons. The molecule has 2 fully saturated rings. The minimum absolute atomic E-state index is 0.268. The van der Waals surface area contributed by atoms with Gasteiger partial charge in [-0.25, -0.2) is 4.39 Å². The van der Waals surface area contributed by atoms with Crippen LogP contribution in [0.4, 0.5) is 4.39 Å². The summed E-state index contributed by atoms with van der Waals surface area (Å²) in [6.45, 7) is 2.13. The highest BCUT2D eigenvalue weighted by Gasteiger charge is 2.73. The number of fused-ring (bicyclic) bond motifs is 1. The first kappa shape index (κ1) is 8.54. The zero-order valence-corrected chi connectivity index (χ0v) is 8.99. The molecular weight excluding hydrogens is 213 g/mol. The van der Waals surface area contributed by atoms with Crippen LogP contribution >= 0.6 is 11.6 Å². The van der Waals surface area contributed by atoms with Crippen LogP contribution in [0.3, 0.4) is 0 Å². The molecule has 0 spiro atoms. The van der Waals surface area contributed by atoms with E-state index in [-0.39, 0.29) is 10.8 Å². The lowest BCUT2D eigenvalue weighted by atomic mass is 9.95. The topological polar surface area (TPSA) is 12.0 Å². The Hall–Kier alpha value is -0.600. The van der Waals surface area contributed by atoms with Gasteiger partial charge in [-0.2, -0.15) is 0 Å². The van der Waals surface area contributed by atoms with E-state index in [0.29, 0.717) is 10.8 Å². The Morgan fingerprint density at radius 3 is 3.07 bits per heavy atom. The van der Waals surface area contributed by atoms with Gasteiger partial charge in [-0.05, 0) is 41.5 Å². The second-order valence-electron chi connectivity index (χ2n) is 5.24. The van der Waals surface area contributed by atoms with Gasteiger partial charge in [0.05, 0.1) is 5.02 Å². The fourth-order valence-corrected chi connectivity index (χ4v) is 4.01. The van der Waals surface area contributed by atoms with Gasteiger partial charge in [0.25, 0.3) is 0 Å². The van der Waals surface area contributed by atoms with E-state index in [1.807, 2.05) is 6.07 Å². The molecule has 0 aromatic heterocycles. The summed E-state index contributed by atoms with van der Waals surface area (Å²) in [7, 11) is 0. The second-order valence-corrected chi connectivity index (χ2v) is 5.65. The maximum absolute atomic E-state index is 13.3. The Kier molecular flexibility index (Phi) is 1.27. The van der Waals surface area contributed by atoms with Crippen LogP contribution < -0.4 is 5.32 Å². The van der Waals surface area contributed by atoms with E-state index in [1.165, 1.54) is 17.5 Å². The second kappa shape index (κ2) is 2.23. The molecule has 1 heterocycles. The summed E-state index contributed by atoms with van der Waals surface area (Å²) in [5.41, 5.74) is 3.20. The number of nitrogens with one attached hydrogen (secondary N) is 1. The molecule has 3 heteroatoms. The Balaban J connectivity index is 1.96. The maximum atomic E-state index is 13.3. The first-order chi connectivity index (χ1) is 7.17. The van der Waals surface area contributed by atoms with Gasteiger partial charge < -0.3 is 5.32 Å². The monoisotopic (exact) mass is 223 g/mol. The van der Waals surface area contributed by atoms with E-state index in [1.54, 1.807) is 6.07 Å². The van der Waals surface area contributed by atoms with Crippen molar-refractivity contribution in [3.63, 3.8) is 0 Å². The molecule has 3 aliphatic rings. The van der Waals surface area contributed by atoms with E-state index in [4.69, 9.17) is 11.6 Å². The van der Waals surface area contributed by atoms with Crippen molar-refractivity contribution in [2.24, 2.45) is 5.41 Å². The van der Waals surface area contributed by atoms with Crippen molar-refractivity contribution in [1.29, 1.82) is 0 Å². The normalized spacial score (nSPS) is 39.9. The van der Waals surface area contributed by atoms with E-state index in [2.05, 4.69) is 5.32 Å². The summed E-state index contributed by atoms with van der Waals surface area (Å²) in [6, 6.07) is 3.49. The van der Waals surface area contributed by atoms with Crippen molar-refractivity contribution in [3.05, 3.63) is 34.1 Å². The van der Waals surface area contributed by atoms with Crippen LogP contribution in [0.25, 0.3) is 0 Å². The standard InChI is InChI=1S/C12H11ClFN/c13-9-2-8-7(1-10(9)14)3-11-4-12(8,11)6-15-5-11/h1-2,15H,3-6H2. The highest BCUT2D eigenvalue weighted by Crippen LogP contribution is 2.73. The molecular formula is C12H11ClFN. The van der Waals surface area contributed by atoms with E-state index < -0.39 is 0 Å². The predicted octanol–water partition coefficient (Wildman–Crippen LogP) is 2.27. The van der Waals surface area contributed by atoms with E-state index in [9.17, 15) is 4.39 Å². The van der Waals surface area contributed by atoms with Gasteiger partial charge in [-0.3, -0.25) is 0 Å². The van der Waals surface area contributed by atoms with Crippen molar-refractivity contribution in [1.82, 2.24) is 5.32 Å². The summed E-state index contributed by atoms with van der Waals surface area (Å²) in [5, 5.41) is 3.72. The largest absolute Gasteiger partial charge is 0.315 e. The molecule has 1 aromatic rings. The number of hydrogen-bond donors (Lipinski definition) is 1. The number of benzene rings is 1. The Bertz CT molecular complexity index is 483. The molecule has 1 aliphatic heterocycles. The molecule has 1 saturated heterocycles. The maximum Gasteiger partial charge on any atom is 0.142 e. The Morgan fingerprint density at radius 2 is 2.20 bits per heavy atom. The fourth-order valence-electron chi connectivity index (χ4n) is 3.84. The average Bonchev–Trinajstić information content (AvgIpc) is 2.59. The van der Waals surface area contributed by atoms with Gasteiger partial charge in [-0.1, -0.05) is 11.6 Å². The molecule has 2 atom stereocenters. The number of halogens is 2. The molecule has 1 aromatic carbocycles. The van der Waals surface area contributed by atoms with Gasteiger partial charge in [0.2, 0.25) is 0 Å². The Labute approximate surface area is 92.6 Å². The van der Waals surface area contributed by atoms with Crippen LogP contribution in [-0.4, -0.2) is 13.1 Å². The van der Waals surface area contributed by atoms with Crippen molar-refractivity contribution in [2.45, 2.75) is 18.3 Å². The number of piperidine rings is 1. The SMILES string of the molecule is Fc1cc2c(cc1Cl)C13CNCC1(C2)C3. The lowest BCUT2D eigenvalue weighted by Gasteiger charge is -2.14. The summed E-state index contributed by atoms with van der Waals surface area (Å²) < 4.78 is 13.3. The molecule has 2 unspecified atom stereocenters. The zero-order chi connectivity index (χ0) is 10.3. The lowest BCUT2D eigenvalue weighted by molar-refractivity contribution is 0.521. The minimum atomic E-state index is -0.268. The van der Waals surface area contributed by atoms with Crippen LogP contribution in [0, 0.1) is 11.2 Å². The van der Waals surface area contributed by atoms with Crippen LogP contribution in [0.2, 0.25) is 5.02 Å². The van der Waals surface area contributed by atoms with Crippen molar-refractivity contribution < 1.29 is 4.39 Å². The molecule has 15 heavy (non-hydrogen) atoms. The molecule has 1 nitrogen and oxygen atoms in total. The van der Waals surface area contributed by atoms with Gasteiger partial charge in [0.15, 0.2) is 0 Å². The third-order valence-corrected chi connectivity index (χ3v) is 4.90. The van der Waals surface area contributed by atoms with Crippen LogP contribution in [0.5, 0.6) is 0 Å². The molecule has 0 bridgehead atoms. The summed E-state index contributed by atoms with van der Waals surface area (Å²) >= 11 is 5.87. The minimum Gasteiger partial charge on any atom is -0.315 e. The average molecular weight is 224 g/mol. The smallest absolute Gasteiger partial charge is 0.142 e. The number of hydrogen-bond acceptors (Lipinski definition) is 1. The van der Waals surface area contributed by atoms with Crippen molar-refractivity contribution in [3.8, 4) is 0 Å². The summed E-state index contributed by atoms with van der Waals surface area (Å²) in [5.74, 6) is -0.268. The molecule has 2 aliphatic carbocycles. The van der Waals surface area contributed by atoms with E-state index in [0.717, 1.165) is 19.5 Å².